The summed E-state index contributed by atoms with van der Waals surface area (Å²) in [5.41, 5.74) is 3.72. The van der Waals surface area contributed by atoms with E-state index in [1.54, 1.807) is 17.0 Å². The van der Waals surface area contributed by atoms with Crippen LogP contribution in [0.3, 0.4) is 0 Å². The Morgan fingerprint density at radius 1 is 1.16 bits per heavy atom. The Labute approximate surface area is 185 Å². The van der Waals surface area contributed by atoms with Crippen LogP contribution in [0.2, 0.25) is 0 Å². The van der Waals surface area contributed by atoms with Crippen molar-refractivity contribution in [3.05, 3.63) is 89.4 Å². The maximum atomic E-state index is 14.1. The van der Waals surface area contributed by atoms with Crippen LogP contribution in [-0.4, -0.2) is 17.9 Å². The van der Waals surface area contributed by atoms with Gasteiger partial charge in [0.1, 0.15) is 5.82 Å². The van der Waals surface area contributed by atoms with Crippen LogP contribution in [-0.2, 0) is 11.3 Å². The highest BCUT2D eigenvalue weighted by Gasteiger charge is 2.38. The van der Waals surface area contributed by atoms with Gasteiger partial charge in [-0.15, -0.1) is 0 Å². The molecule has 0 radical (unpaired) electrons. The number of nitrogens with one attached hydrogen (secondary N) is 2. The maximum absolute atomic E-state index is 14.1. The lowest BCUT2D eigenvalue weighted by atomic mass is 9.99. The molecule has 1 fully saturated rings. The summed E-state index contributed by atoms with van der Waals surface area (Å²) in [7, 11) is 0. The van der Waals surface area contributed by atoms with Gasteiger partial charge in [0.2, 0.25) is 5.91 Å². The largest absolute Gasteiger partial charge is 0.328 e. The second kappa shape index (κ2) is 7.88. The minimum absolute atomic E-state index is 0.0639. The first kappa shape index (κ1) is 20.4. The summed E-state index contributed by atoms with van der Waals surface area (Å²) >= 11 is 0. The predicted octanol–water partition coefficient (Wildman–Crippen LogP) is 4.58. The van der Waals surface area contributed by atoms with Crippen LogP contribution in [0, 0.1) is 5.82 Å². The second-order valence-electron chi connectivity index (χ2n) is 8.40. The third kappa shape index (κ3) is 3.28. The number of hydrogen-bond acceptors (Lipinski definition) is 3. The molecular weight excluding hydrogens is 405 g/mol. The first-order valence-corrected chi connectivity index (χ1v) is 10.8. The molecule has 5 rings (SSSR count). The standard InChI is InChI=1S/C26H24FN3O2/c1-15(18-6-3-4-8-21(18)27)28-14-17-10-11-20-25-19(17)7-5-9-23(25)30(26(20)32)22-12-13-24(31)29-16(22)2/h3-11,15,22,28H,2,12-14H2,1H3,(H,29,31). The number of anilines is 1. The van der Waals surface area contributed by atoms with Crippen molar-refractivity contribution in [2.45, 2.75) is 38.4 Å². The van der Waals surface area contributed by atoms with Crippen molar-refractivity contribution in [2.24, 2.45) is 0 Å². The van der Waals surface area contributed by atoms with Crippen molar-refractivity contribution < 1.29 is 14.0 Å². The molecule has 0 spiro atoms. The first-order chi connectivity index (χ1) is 15.5. The van der Waals surface area contributed by atoms with Crippen LogP contribution in [0.15, 0.2) is 66.9 Å². The Balaban J connectivity index is 1.47. The van der Waals surface area contributed by atoms with E-state index in [9.17, 15) is 14.0 Å². The number of benzene rings is 3. The van der Waals surface area contributed by atoms with Crippen LogP contribution in [0.5, 0.6) is 0 Å². The number of halogens is 1. The van der Waals surface area contributed by atoms with Gasteiger partial charge in [-0.2, -0.15) is 0 Å². The summed E-state index contributed by atoms with van der Waals surface area (Å²) in [6.07, 6.45) is 0.915. The molecule has 2 heterocycles. The molecule has 6 heteroatoms. The van der Waals surface area contributed by atoms with Crippen molar-refractivity contribution in [3.63, 3.8) is 0 Å². The summed E-state index contributed by atoms with van der Waals surface area (Å²) in [4.78, 5) is 26.8. The van der Waals surface area contributed by atoms with Crippen LogP contribution < -0.4 is 15.5 Å². The van der Waals surface area contributed by atoms with Gasteiger partial charge < -0.3 is 10.6 Å². The SMILES string of the molecule is C=C1NC(=O)CCC1N1C(=O)c2ccc(CNC(C)c3ccccc3F)c3cccc1c23. The topological polar surface area (TPSA) is 61.4 Å². The lowest BCUT2D eigenvalue weighted by Crippen LogP contribution is -2.47. The molecule has 2 unspecified atom stereocenters. The van der Waals surface area contributed by atoms with Gasteiger partial charge in [0.25, 0.3) is 5.91 Å². The molecule has 32 heavy (non-hydrogen) atoms. The molecule has 1 saturated heterocycles. The molecule has 0 aromatic heterocycles. The van der Waals surface area contributed by atoms with E-state index in [4.69, 9.17) is 0 Å². The monoisotopic (exact) mass is 429 g/mol. The van der Waals surface area contributed by atoms with Gasteiger partial charge in [0.15, 0.2) is 0 Å². The molecule has 2 aliphatic heterocycles. The molecule has 2 N–H and O–H groups in total. The number of piperidine rings is 1. The lowest BCUT2D eigenvalue weighted by molar-refractivity contribution is -0.121. The number of carbonyl (C=O) groups excluding carboxylic acids is 2. The van der Waals surface area contributed by atoms with Crippen molar-refractivity contribution in [1.82, 2.24) is 10.6 Å². The highest BCUT2D eigenvalue weighted by atomic mass is 19.1. The van der Waals surface area contributed by atoms with Gasteiger partial charge in [0, 0.05) is 41.2 Å². The molecule has 0 saturated carbocycles. The number of carbonyl (C=O) groups is 2. The minimum Gasteiger partial charge on any atom is -0.328 e. The predicted molar refractivity (Wildman–Crippen MR) is 123 cm³/mol. The highest BCUT2D eigenvalue weighted by Crippen LogP contribution is 2.41. The van der Waals surface area contributed by atoms with Gasteiger partial charge in [0.05, 0.1) is 11.7 Å². The van der Waals surface area contributed by atoms with Gasteiger partial charge in [-0.3, -0.25) is 14.5 Å². The van der Waals surface area contributed by atoms with E-state index in [0.29, 0.717) is 36.2 Å². The third-order valence-electron chi connectivity index (χ3n) is 6.45. The van der Waals surface area contributed by atoms with Crippen LogP contribution in [0.4, 0.5) is 10.1 Å². The molecule has 3 aromatic rings. The Bertz CT molecular complexity index is 1270. The Kier molecular flexibility index (Phi) is 5.02. The van der Waals surface area contributed by atoms with E-state index in [0.717, 1.165) is 22.0 Å². The number of hydrogen-bond donors (Lipinski definition) is 2. The van der Waals surface area contributed by atoms with Crippen LogP contribution >= 0.6 is 0 Å². The fourth-order valence-electron chi connectivity index (χ4n) is 4.78. The van der Waals surface area contributed by atoms with Crippen LogP contribution in [0.1, 0.15) is 47.3 Å². The van der Waals surface area contributed by atoms with E-state index < -0.39 is 0 Å². The number of nitrogens with zero attached hydrogens (tertiary/aromatic N) is 1. The van der Waals surface area contributed by atoms with Gasteiger partial charge in [-0.1, -0.05) is 43.0 Å². The summed E-state index contributed by atoms with van der Waals surface area (Å²) in [5, 5.41) is 8.10. The first-order valence-electron chi connectivity index (χ1n) is 10.8. The normalized spacial score (nSPS) is 18.9. The van der Waals surface area contributed by atoms with Crippen molar-refractivity contribution >= 4 is 28.3 Å². The van der Waals surface area contributed by atoms with Gasteiger partial charge >= 0.3 is 0 Å². The zero-order valence-electron chi connectivity index (χ0n) is 17.8. The molecule has 3 aromatic carbocycles. The summed E-state index contributed by atoms with van der Waals surface area (Å²) < 4.78 is 14.1. The number of rotatable bonds is 5. The Hall–Kier alpha value is -3.51. The third-order valence-corrected chi connectivity index (χ3v) is 6.45. The van der Waals surface area contributed by atoms with E-state index in [2.05, 4.69) is 17.2 Å². The lowest BCUT2D eigenvalue weighted by Gasteiger charge is -2.33. The van der Waals surface area contributed by atoms with Gasteiger partial charge in [-0.05, 0) is 42.5 Å². The smallest absolute Gasteiger partial charge is 0.259 e. The molecular formula is C26H24FN3O2. The van der Waals surface area contributed by atoms with E-state index in [1.165, 1.54) is 6.07 Å². The molecule has 162 valence electrons. The van der Waals surface area contributed by atoms with Crippen molar-refractivity contribution in [2.75, 3.05) is 4.90 Å². The van der Waals surface area contributed by atoms with E-state index >= 15 is 0 Å². The molecule has 2 aliphatic rings. The quantitative estimate of drug-likeness (QED) is 0.624. The number of amides is 2. The highest BCUT2D eigenvalue weighted by molar-refractivity contribution is 6.26. The zero-order valence-corrected chi connectivity index (χ0v) is 17.8. The van der Waals surface area contributed by atoms with Crippen molar-refractivity contribution in [3.8, 4) is 0 Å². The van der Waals surface area contributed by atoms with Crippen LogP contribution in [0.25, 0.3) is 10.8 Å². The summed E-state index contributed by atoms with van der Waals surface area (Å²) in [5.74, 6) is -0.363. The molecule has 0 bridgehead atoms. The van der Waals surface area contributed by atoms with Gasteiger partial charge in [-0.25, -0.2) is 4.39 Å². The molecule has 0 aliphatic carbocycles. The van der Waals surface area contributed by atoms with E-state index in [1.807, 2.05) is 43.3 Å². The molecule has 2 atom stereocenters. The molecule has 5 nitrogen and oxygen atoms in total. The zero-order chi connectivity index (χ0) is 22.4. The summed E-state index contributed by atoms with van der Waals surface area (Å²) in [6, 6.07) is 16.1. The fourth-order valence-corrected chi connectivity index (χ4v) is 4.78. The summed E-state index contributed by atoms with van der Waals surface area (Å²) in [6.45, 7) is 6.46. The Morgan fingerprint density at radius 3 is 2.75 bits per heavy atom. The average molecular weight is 429 g/mol. The molecule has 2 amide bonds. The minimum atomic E-state index is -0.263. The Morgan fingerprint density at radius 2 is 1.97 bits per heavy atom. The maximum Gasteiger partial charge on any atom is 0.259 e. The van der Waals surface area contributed by atoms with Crippen molar-refractivity contribution in [1.29, 1.82) is 0 Å². The second-order valence-corrected chi connectivity index (χ2v) is 8.40. The van der Waals surface area contributed by atoms with E-state index in [-0.39, 0.29) is 29.7 Å². The average Bonchev–Trinajstić information content (AvgIpc) is 3.06. The fraction of sp³-hybridized carbons (Fsp3) is 0.231.